The van der Waals surface area contributed by atoms with Crippen molar-refractivity contribution in [2.24, 2.45) is 0 Å². The molecular weight excluding hydrogens is 402 g/mol. The van der Waals surface area contributed by atoms with Crippen LogP contribution >= 0.6 is 11.8 Å². The summed E-state index contributed by atoms with van der Waals surface area (Å²) in [6.45, 7) is 0.569. The second-order valence-corrected chi connectivity index (χ2v) is 8.19. The van der Waals surface area contributed by atoms with Crippen LogP contribution in [-0.2, 0) is 25.7 Å². The highest BCUT2D eigenvalue weighted by molar-refractivity contribution is 8.00. The van der Waals surface area contributed by atoms with E-state index in [9.17, 15) is 19.2 Å². The Kier molecular flexibility index (Phi) is 5.85. The van der Waals surface area contributed by atoms with E-state index >= 15 is 0 Å². The molecule has 8 heteroatoms. The van der Waals surface area contributed by atoms with Crippen molar-refractivity contribution in [3.05, 3.63) is 54.1 Å². The minimum atomic E-state index is -0.184. The zero-order chi connectivity index (χ0) is 21.1. The van der Waals surface area contributed by atoms with Crippen molar-refractivity contribution in [1.82, 2.24) is 4.90 Å². The molecule has 1 saturated heterocycles. The molecule has 0 atom stereocenters. The molecule has 2 aliphatic rings. The first-order valence-corrected chi connectivity index (χ1v) is 10.7. The topological polar surface area (TPSA) is 86.8 Å². The van der Waals surface area contributed by atoms with Crippen molar-refractivity contribution in [2.75, 3.05) is 22.5 Å². The number of para-hydroxylation sites is 1. The van der Waals surface area contributed by atoms with Crippen LogP contribution in [0.15, 0.2) is 53.4 Å². The molecule has 4 rings (SSSR count). The molecule has 2 aromatic carbocycles. The lowest BCUT2D eigenvalue weighted by atomic mass is 10.2. The zero-order valence-electron chi connectivity index (χ0n) is 16.3. The SMILES string of the molecule is O=C(CCN1C(=O)CSc2ccccc21)Nc1ccc(CN2C(=O)CCC2=O)cc1. The lowest BCUT2D eigenvalue weighted by molar-refractivity contribution is -0.139. The fraction of sp³-hybridized carbons (Fsp3) is 0.273. The number of carbonyl (C=O) groups excluding carboxylic acids is 4. The number of thioether (sulfide) groups is 1. The molecule has 0 aliphatic carbocycles. The molecule has 1 fully saturated rings. The van der Waals surface area contributed by atoms with Crippen molar-refractivity contribution in [1.29, 1.82) is 0 Å². The Bertz CT molecular complexity index is 990. The summed E-state index contributed by atoms with van der Waals surface area (Å²) in [6.07, 6.45) is 0.731. The Morgan fingerprint density at radius 1 is 0.900 bits per heavy atom. The molecule has 2 aromatic rings. The maximum atomic E-state index is 12.4. The van der Waals surface area contributed by atoms with Crippen molar-refractivity contribution in [3.8, 4) is 0 Å². The van der Waals surface area contributed by atoms with Gasteiger partial charge in [0.1, 0.15) is 0 Å². The number of fused-ring (bicyclic) bond motifs is 1. The van der Waals surface area contributed by atoms with E-state index in [1.54, 1.807) is 29.2 Å². The third-order valence-corrected chi connectivity index (χ3v) is 6.15. The maximum Gasteiger partial charge on any atom is 0.237 e. The first-order valence-electron chi connectivity index (χ1n) is 9.75. The number of hydrogen-bond donors (Lipinski definition) is 1. The fourth-order valence-corrected chi connectivity index (χ4v) is 4.45. The molecule has 0 radical (unpaired) electrons. The van der Waals surface area contributed by atoms with E-state index < -0.39 is 0 Å². The van der Waals surface area contributed by atoms with Gasteiger partial charge >= 0.3 is 0 Å². The highest BCUT2D eigenvalue weighted by Crippen LogP contribution is 2.34. The van der Waals surface area contributed by atoms with E-state index in [0.717, 1.165) is 16.1 Å². The summed E-state index contributed by atoms with van der Waals surface area (Å²) in [7, 11) is 0. The van der Waals surface area contributed by atoms with Crippen LogP contribution in [0.5, 0.6) is 0 Å². The van der Waals surface area contributed by atoms with Gasteiger partial charge in [0.2, 0.25) is 23.6 Å². The Labute approximate surface area is 178 Å². The number of benzene rings is 2. The number of likely N-dealkylation sites (tertiary alicyclic amines) is 1. The smallest absolute Gasteiger partial charge is 0.237 e. The highest BCUT2D eigenvalue weighted by atomic mass is 32.2. The maximum absolute atomic E-state index is 12.4. The summed E-state index contributed by atoms with van der Waals surface area (Å²) < 4.78 is 0. The van der Waals surface area contributed by atoms with Crippen LogP contribution in [0.4, 0.5) is 11.4 Å². The normalized spacial score (nSPS) is 16.1. The third kappa shape index (κ3) is 4.38. The lowest BCUT2D eigenvalue weighted by Crippen LogP contribution is -2.37. The van der Waals surface area contributed by atoms with Gasteiger partial charge in [0.25, 0.3) is 0 Å². The number of nitrogens with zero attached hydrogens (tertiary/aromatic N) is 2. The lowest BCUT2D eigenvalue weighted by Gasteiger charge is -2.28. The Morgan fingerprint density at radius 3 is 2.33 bits per heavy atom. The molecule has 30 heavy (non-hydrogen) atoms. The molecule has 0 unspecified atom stereocenters. The number of hydrogen-bond acceptors (Lipinski definition) is 5. The van der Waals surface area contributed by atoms with Gasteiger partial charge in [-0.1, -0.05) is 24.3 Å². The molecule has 1 N–H and O–H groups in total. The molecule has 154 valence electrons. The summed E-state index contributed by atoms with van der Waals surface area (Å²) in [6, 6.07) is 14.8. The first kappa shape index (κ1) is 20.2. The van der Waals surface area contributed by atoms with Gasteiger partial charge in [-0.3, -0.25) is 24.1 Å². The van der Waals surface area contributed by atoms with Gasteiger partial charge in [-0.25, -0.2) is 0 Å². The average molecular weight is 423 g/mol. The second-order valence-electron chi connectivity index (χ2n) is 7.17. The zero-order valence-corrected chi connectivity index (χ0v) is 17.1. The Hall–Kier alpha value is -3.13. The third-order valence-electron chi connectivity index (χ3n) is 5.10. The summed E-state index contributed by atoms with van der Waals surface area (Å²) in [4.78, 5) is 52.1. The molecule has 0 saturated carbocycles. The van der Waals surface area contributed by atoms with Gasteiger partial charge in [-0.15, -0.1) is 11.8 Å². The molecule has 0 spiro atoms. The summed E-state index contributed by atoms with van der Waals surface area (Å²) in [5.74, 6) is -0.102. The number of imide groups is 1. The summed E-state index contributed by atoms with van der Waals surface area (Å²) >= 11 is 1.51. The van der Waals surface area contributed by atoms with Gasteiger partial charge in [-0.2, -0.15) is 0 Å². The van der Waals surface area contributed by atoms with Crippen LogP contribution in [0, 0.1) is 0 Å². The number of nitrogens with one attached hydrogen (secondary N) is 1. The molecule has 0 aromatic heterocycles. The van der Waals surface area contributed by atoms with E-state index in [2.05, 4.69) is 5.32 Å². The van der Waals surface area contributed by atoms with E-state index in [1.807, 2.05) is 24.3 Å². The molecule has 0 bridgehead atoms. The second kappa shape index (κ2) is 8.71. The molecule has 4 amide bonds. The molecular formula is C22H21N3O4S. The van der Waals surface area contributed by atoms with Crippen LogP contribution in [0.25, 0.3) is 0 Å². The van der Waals surface area contributed by atoms with Crippen molar-refractivity contribution in [2.45, 2.75) is 30.7 Å². The van der Waals surface area contributed by atoms with E-state index in [4.69, 9.17) is 0 Å². The minimum absolute atomic E-state index is 0.00172. The average Bonchev–Trinajstić information content (AvgIpc) is 3.06. The van der Waals surface area contributed by atoms with Crippen LogP contribution in [0.3, 0.4) is 0 Å². The predicted octanol–water partition coefficient (Wildman–Crippen LogP) is 2.80. The summed E-state index contributed by atoms with van der Waals surface area (Å²) in [5.41, 5.74) is 2.30. The van der Waals surface area contributed by atoms with Gasteiger partial charge < -0.3 is 10.2 Å². The van der Waals surface area contributed by atoms with Crippen LogP contribution in [-0.4, -0.2) is 40.8 Å². The largest absolute Gasteiger partial charge is 0.326 e. The first-order chi connectivity index (χ1) is 14.5. The summed E-state index contributed by atoms with van der Waals surface area (Å²) in [5, 5.41) is 2.83. The quantitative estimate of drug-likeness (QED) is 0.722. The van der Waals surface area contributed by atoms with E-state index in [-0.39, 0.29) is 49.4 Å². The standard InChI is InChI=1S/C22H21N3O4S/c26-19(11-12-24-17-3-1-2-4-18(17)30-14-22(24)29)23-16-7-5-15(6-8-16)13-25-20(27)9-10-21(25)28/h1-8H,9-14H2,(H,23,26). The Morgan fingerprint density at radius 2 is 1.60 bits per heavy atom. The molecule has 2 heterocycles. The van der Waals surface area contributed by atoms with Crippen LogP contribution in [0.2, 0.25) is 0 Å². The van der Waals surface area contributed by atoms with Crippen molar-refractivity contribution in [3.63, 3.8) is 0 Å². The van der Waals surface area contributed by atoms with Gasteiger partial charge in [-0.05, 0) is 29.8 Å². The number of rotatable bonds is 6. The van der Waals surface area contributed by atoms with Crippen LogP contribution < -0.4 is 10.2 Å². The predicted molar refractivity (Wildman–Crippen MR) is 114 cm³/mol. The number of amides is 4. The Balaban J connectivity index is 1.32. The van der Waals surface area contributed by atoms with Gasteiger partial charge in [0, 0.05) is 36.4 Å². The number of anilines is 2. The van der Waals surface area contributed by atoms with Crippen LogP contribution in [0.1, 0.15) is 24.8 Å². The molecule has 2 aliphatic heterocycles. The van der Waals surface area contributed by atoms with E-state index in [0.29, 0.717) is 18.0 Å². The van der Waals surface area contributed by atoms with Crippen molar-refractivity contribution >= 4 is 46.8 Å². The van der Waals surface area contributed by atoms with Gasteiger partial charge in [0.15, 0.2) is 0 Å². The van der Waals surface area contributed by atoms with Crippen molar-refractivity contribution < 1.29 is 19.2 Å². The molecule has 7 nitrogen and oxygen atoms in total. The van der Waals surface area contributed by atoms with Gasteiger partial charge in [0.05, 0.1) is 18.0 Å². The van der Waals surface area contributed by atoms with E-state index in [1.165, 1.54) is 16.7 Å². The highest BCUT2D eigenvalue weighted by Gasteiger charge is 2.28. The fourth-order valence-electron chi connectivity index (χ4n) is 3.51. The minimum Gasteiger partial charge on any atom is -0.326 e. The number of carbonyl (C=O) groups is 4. The monoisotopic (exact) mass is 423 g/mol.